The number of carbonyl (C=O) groups is 1. The Balaban J connectivity index is 2.15. The maximum absolute atomic E-state index is 13.8. The third kappa shape index (κ3) is 3.76. The number of pyridine rings is 1. The standard InChI is InChI=1S/C20H17BrFNO3/c1-2-26-20(25)17(24)11-16-14-9-8-13(22)10-15(14)18(21)19(23-16)12-6-4-3-5-7-12/h3-10,17,24H,2,11H2,1H3. The van der Waals surface area contributed by atoms with Gasteiger partial charge in [-0.25, -0.2) is 9.18 Å². The van der Waals surface area contributed by atoms with Crippen LogP contribution in [0.3, 0.4) is 0 Å². The summed E-state index contributed by atoms with van der Waals surface area (Å²) in [5.74, 6) is -1.07. The molecule has 1 atom stereocenters. The van der Waals surface area contributed by atoms with Gasteiger partial charge in [-0.1, -0.05) is 30.3 Å². The van der Waals surface area contributed by atoms with Crippen LogP contribution in [0.15, 0.2) is 53.0 Å². The zero-order valence-corrected chi connectivity index (χ0v) is 15.7. The predicted molar refractivity (Wildman–Crippen MR) is 101 cm³/mol. The molecule has 134 valence electrons. The number of aliphatic hydroxyl groups excluding tert-OH is 1. The van der Waals surface area contributed by atoms with Gasteiger partial charge in [0.2, 0.25) is 0 Å². The summed E-state index contributed by atoms with van der Waals surface area (Å²) >= 11 is 3.52. The lowest BCUT2D eigenvalue weighted by Crippen LogP contribution is -2.26. The maximum atomic E-state index is 13.8. The molecule has 6 heteroatoms. The molecule has 1 heterocycles. The monoisotopic (exact) mass is 417 g/mol. The normalized spacial score (nSPS) is 12.2. The lowest BCUT2D eigenvalue weighted by atomic mass is 10.0. The number of halogens is 2. The van der Waals surface area contributed by atoms with Gasteiger partial charge in [-0.05, 0) is 41.1 Å². The SMILES string of the molecule is CCOC(=O)C(O)Cc1nc(-c2ccccc2)c(Br)c2cc(F)ccc12. The van der Waals surface area contributed by atoms with Gasteiger partial charge in [0.1, 0.15) is 5.82 Å². The van der Waals surface area contributed by atoms with Crippen LogP contribution in [-0.2, 0) is 16.0 Å². The molecule has 0 aliphatic rings. The molecule has 3 rings (SSSR count). The zero-order valence-electron chi connectivity index (χ0n) is 14.1. The highest BCUT2D eigenvalue weighted by Gasteiger charge is 2.21. The van der Waals surface area contributed by atoms with Crippen LogP contribution in [0.2, 0.25) is 0 Å². The Morgan fingerprint density at radius 1 is 1.23 bits per heavy atom. The number of aliphatic hydroxyl groups is 1. The highest BCUT2D eigenvalue weighted by atomic mass is 79.9. The summed E-state index contributed by atoms with van der Waals surface area (Å²) in [6, 6.07) is 13.8. The van der Waals surface area contributed by atoms with Gasteiger partial charge in [-0.15, -0.1) is 0 Å². The van der Waals surface area contributed by atoms with Gasteiger partial charge in [0.25, 0.3) is 0 Å². The van der Waals surface area contributed by atoms with Gasteiger partial charge in [-0.3, -0.25) is 4.98 Å². The first-order valence-electron chi connectivity index (χ1n) is 8.19. The molecule has 0 spiro atoms. The fraction of sp³-hybridized carbons (Fsp3) is 0.200. The fourth-order valence-corrected chi connectivity index (χ4v) is 3.41. The molecule has 1 aromatic heterocycles. The summed E-state index contributed by atoms with van der Waals surface area (Å²) in [5.41, 5.74) is 1.97. The number of fused-ring (bicyclic) bond motifs is 1. The van der Waals surface area contributed by atoms with E-state index in [0.717, 1.165) is 5.56 Å². The third-order valence-corrected chi connectivity index (χ3v) is 4.78. The first kappa shape index (κ1) is 18.5. The van der Waals surface area contributed by atoms with Crippen LogP contribution in [0.25, 0.3) is 22.0 Å². The number of rotatable bonds is 5. The number of benzene rings is 2. The number of esters is 1. The first-order valence-corrected chi connectivity index (χ1v) is 8.98. The molecule has 0 aliphatic carbocycles. The highest BCUT2D eigenvalue weighted by Crippen LogP contribution is 2.35. The Kier molecular flexibility index (Phi) is 5.64. The second kappa shape index (κ2) is 7.93. The molecule has 2 aromatic carbocycles. The summed E-state index contributed by atoms with van der Waals surface area (Å²) in [6.07, 6.45) is -1.35. The van der Waals surface area contributed by atoms with Gasteiger partial charge < -0.3 is 9.84 Å². The third-order valence-electron chi connectivity index (χ3n) is 3.98. The second-order valence-corrected chi connectivity index (χ2v) is 6.54. The molecular weight excluding hydrogens is 401 g/mol. The van der Waals surface area contributed by atoms with Crippen molar-refractivity contribution in [2.75, 3.05) is 6.61 Å². The number of nitrogens with zero attached hydrogens (tertiary/aromatic N) is 1. The van der Waals surface area contributed by atoms with Gasteiger partial charge in [0.05, 0.1) is 22.5 Å². The number of ether oxygens (including phenoxy) is 1. The quantitative estimate of drug-likeness (QED) is 0.629. The summed E-state index contributed by atoms with van der Waals surface area (Å²) in [4.78, 5) is 16.4. The zero-order chi connectivity index (χ0) is 18.7. The van der Waals surface area contributed by atoms with Crippen LogP contribution in [0.5, 0.6) is 0 Å². The van der Waals surface area contributed by atoms with Crippen molar-refractivity contribution in [3.05, 3.63) is 64.5 Å². The largest absolute Gasteiger partial charge is 0.464 e. The van der Waals surface area contributed by atoms with Crippen molar-refractivity contribution in [3.63, 3.8) is 0 Å². The summed E-state index contributed by atoms with van der Waals surface area (Å²) in [7, 11) is 0. The molecule has 0 bridgehead atoms. The topological polar surface area (TPSA) is 59.4 Å². The van der Waals surface area contributed by atoms with Crippen molar-refractivity contribution in [3.8, 4) is 11.3 Å². The van der Waals surface area contributed by atoms with Crippen LogP contribution >= 0.6 is 15.9 Å². The van der Waals surface area contributed by atoms with Crippen molar-refractivity contribution in [2.24, 2.45) is 0 Å². The Labute approximate surface area is 158 Å². The summed E-state index contributed by atoms with van der Waals surface area (Å²) in [5, 5.41) is 11.4. The molecule has 0 amide bonds. The Hall–Kier alpha value is -2.31. The number of aromatic nitrogens is 1. The van der Waals surface area contributed by atoms with E-state index in [4.69, 9.17) is 4.74 Å². The van der Waals surface area contributed by atoms with Crippen molar-refractivity contribution < 1.29 is 19.0 Å². The average Bonchev–Trinajstić information content (AvgIpc) is 2.64. The molecule has 4 nitrogen and oxygen atoms in total. The van der Waals surface area contributed by atoms with E-state index < -0.39 is 12.1 Å². The minimum Gasteiger partial charge on any atom is -0.464 e. The highest BCUT2D eigenvalue weighted by molar-refractivity contribution is 9.10. The second-order valence-electron chi connectivity index (χ2n) is 5.75. The van der Waals surface area contributed by atoms with Gasteiger partial charge in [0.15, 0.2) is 6.10 Å². The lowest BCUT2D eigenvalue weighted by Gasteiger charge is -2.15. The molecule has 1 unspecified atom stereocenters. The Morgan fingerprint density at radius 2 is 1.96 bits per heavy atom. The van der Waals surface area contributed by atoms with Crippen molar-refractivity contribution in [2.45, 2.75) is 19.4 Å². The molecule has 0 fully saturated rings. The van der Waals surface area contributed by atoms with Crippen molar-refractivity contribution in [1.82, 2.24) is 4.98 Å². The molecule has 0 aliphatic heterocycles. The number of hydrogen-bond acceptors (Lipinski definition) is 4. The summed E-state index contributed by atoms with van der Waals surface area (Å²) in [6.45, 7) is 1.86. The van der Waals surface area contributed by atoms with E-state index in [1.165, 1.54) is 12.1 Å². The molecule has 1 N–H and O–H groups in total. The van der Waals surface area contributed by atoms with Crippen LogP contribution in [0.4, 0.5) is 4.39 Å². The fourth-order valence-electron chi connectivity index (χ4n) is 2.77. The van der Waals surface area contributed by atoms with Crippen LogP contribution in [0, 0.1) is 5.82 Å². The van der Waals surface area contributed by atoms with Gasteiger partial charge in [0, 0.05) is 22.8 Å². The lowest BCUT2D eigenvalue weighted by molar-refractivity contribution is -0.152. The minimum absolute atomic E-state index is 0.0198. The maximum Gasteiger partial charge on any atom is 0.335 e. The Bertz CT molecular complexity index is 947. The van der Waals surface area contributed by atoms with Crippen LogP contribution in [0.1, 0.15) is 12.6 Å². The van der Waals surface area contributed by atoms with Crippen LogP contribution in [-0.4, -0.2) is 28.8 Å². The van der Waals surface area contributed by atoms with E-state index in [1.807, 2.05) is 30.3 Å². The predicted octanol–water partition coefficient (Wildman–Crippen LogP) is 4.27. The molecule has 0 saturated heterocycles. The molecular formula is C20H17BrFNO3. The van der Waals surface area contributed by atoms with E-state index in [0.29, 0.717) is 26.6 Å². The van der Waals surface area contributed by atoms with Crippen molar-refractivity contribution >= 4 is 32.7 Å². The molecule has 3 aromatic rings. The Morgan fingerprint density at radius 3 is 2.65 bits per heavy atom. The first-order chi connectivity index (χ1) is 12.5. The van der Waals surface area contributed by atoms with Crippen LogP contribution < -0.4 is 0 Å². The average molecular weight is 418 g/mol. The minimum atomic E-state index is -1.33. The van der Waals surface area contributed by atoms with Gasteiger partial charge >= 0.3 is 5.97 Å². The summed E-state index contributed by atoms with van der Waals surface area (Å²) < 4.78 is 19.3. The van der Waals surface area contributed by atoms with E-state index in [-0.39, 0.29) is 18.8 Å². The van der Waals surface area contributed by atoms with E-state index in [1.54, 1.807) is 13.0 Å². The molecule has 26 heavy (non-hydrogen) atoms. The molecule has 0 saturated carbocycles. The van der Waals surface area contributed by atoms with E-state index in [2.05, 4.69) is 20.9 Å². The van der Waals surface area contributed by atoms with Crippen molar-refractivity contribution in [1.29, 1.82) is 0 Å². The number of hydrogen-bond donors (Lipinski definition) is 1. The number of carbonyl (C=O) groups excluding carboxylic acids is 1. The smallest absolute Gasteiger partial charge is 0.335 e. The van der Waals surface area contributed by atoms with E-state index >= 15 is 0 Å². The van der Waals surface area contributed by atoms with Gasteiger partial charge in [-0.2, -0.15) is 0 Å². The molecule has 0 radical (unpaired) electrons. The van der Waals surface area contributed by atoms with E-state index in [9.17, 15) is 14.3 Å².